The molecular formula is C25H17FN6. The van der Waals surface area contributed by atoms with Crippen molar-refractivity contribution in [1.82, 2.24) is 30.1 Å². The number of rotatable bonds is 3. The Morgan fingerprint density at radius 2 is 1.66 bits per heavy atom. The van der Waals surface area contributed by atoms with E-state index in [1.165, 1.54) is 12.1 Å². The highest BCUT2D eigenvalue weighted by molar-refractivity contribution is 6.01. The number of fused-ring (bicyclic) bond motifs is 2. The highest BCUT2D eigenvalue weighted by Crippen LogP contribution is 2.34. The van der Waals surface area contributed by atoms with Gasteiger partial charge in [0.25, 0.3) is 0 Å². The van der Waals surface area contributed by atoms with Gasteiger partial charge in [-0.25, -0.2) is 4.39 Å². The topological polar surface area (TPSA) is 83.1 Å². The smallest absolute Gasteiger partial charge is 0.123 e. The van der Waals surface area contributed by atoms with Crippen LogP contribution in [-0.2, 0) is 0 Å². The standard InChI is InChI=1S/C25H17FN6/c1-14-6-7-27-10-19(14)21-9-18-24(13-29-21)31-32-25(18)22-8-17-20(11-28-12-23(17)30-22)15-2-4-16(26)5-3-15/h2-13,30H,1H3,(H,31,32). The van der Waals surface area contributed by atoms with Gasteiger partial charge < -0.3 is 4.98 Å². The van der Waals surface area contributed by atoms with Crippen LogP contribution in [0.25, 0.3) is 55.6 Å². The molecular weight excluding hydrogens is 403 g/mol. The number of nitrogens with zero attached hydrogens (tertiary/aromatic N) is 4. The molecule has 6 nitrogen and oxygen atoms in total. The minimum absolute atomic E-state index is 0.264. The summed E-state index contributed by atoms with van der Waals surface area (Å²) in [6, 6.07) is 12.5. The number of H-pyrrole nitrogens is 2. The first-order valence-corrected chi connectivity index (χ1v) is 10.2. The lowest BCUT2D eigenvalue weighted by molar-refractivity contribution is 0.628. The molecule has 0 atom stereocenters. The Kier molecular flexibility index (Phi) is 4.07. The van der Waals surface area contributed by atoms with Gasteiger partial charge in [0.15, 0.2) is 0 Å². The highest BCUT2D eigenvalue weighted by Gasteiger charge is 2.15. The predicted molar refractivity (Wildman–Crippen MR) is 122 cm³/mol. The number of aromatic amines is 2. The number of hydrogen-bond donors (Lipinski definition) is 2. The molecule has 0 bridgehead atoms. The summed E-state index contributed by atoms with van der Waals surface area (Å²) in [7, 11) is 0. The number of hydrogen-bond acceptors (Lipinski definition) is 4. The molecule has 0 radical (unpaired) electrons. The molecule has 0 spiro atoms. The molecule has 0 amide bonds. The van der Waals surface area contributed by atoms with Crippen LogP contribution in [0.2, 0.25) is 0 Å². The Hall–Kier alpha value is -4.39. The van der Waals surface area contributed by atoms with Crippen LogP contribution in [0.5, 0.6) is 0 Å². The normalized spacial score (nSPS) is 11.4. The van der Waals surface area contributed by atoms with Crippen molar-refractivity contribution < 1.29 is 4.39 Å². The average molecular weight is 420 g/mol. The number of pyridine rings is 3. The van der Waals surface area contributed by atoms with Crippen LogP contribution in [0.15, 0.2) is 73.4 Å². The number of halogens is 1. The Bertz CT molecular complexity index is 1600. The lowest BCUT2D eigenvalue weighted by Gasteiger charge is -2.04. The molecule has 6 rings (SSSR count). The third-order valence-electron chi connectivity index (χ3n) is 5.72. The van der Waals surface area contributed by atoms with Crippen molar-refractivity contribution in [2.75, 3.05) is 0 Å². The first kappa shape index (κ1) is 18.4. The molecule has 2 N–H and O–H groups in total. The molecule has 1 aromatic carbocycles. The van der Waals surface area contributed by atoms with Crippen LogP contribution in [0.1, 0.15) is 5.56 Å². The molecule has 7 heteroatoms. The fourth-order valence-electron chi connectivity index (χ4n) is 4.04. The Labute approximate surface area is 182 Å². The second-order valence-electron chi connectivity index (χ2n) is 7.72. The Morgan fingerprint density at radius 3 is 2.50 bits per heavy atom. The van der Waals surface area contributed by atoms with E-state index in [1.54, 1.807) is 36.9 Å². The van der Waals surface area contributed by atoms with E-state index in [-0.39, 0.29) is 5.82 Å². The van der Waals surface area contributed by atoms with Crippen molar-refractivity contribution in [3.63, 3.8) is 0 Å². The van der Waals surface area contributed by atoms with Crippen LogP contribution in [0.4, 0.5) is 4.39 Å². The largest absolute Gasteiger partial charge is 0.352 e. The number of aryl methyl sites for hydroxylation is 1. The number of nitrogens with one attached hydrogen (secondary N) is 2. The molecule has 154 valence electrons. The molecule has 0 fully saturated rings. The van der Waals surface area contributed by atoms with Crippen LogP contribution >= 0.6 is 0 Å². The minimum Gasteiger partial charge on any atom is -0.352 e. The molecule has 0 unspecified atom stereocenters. The van der Waals surface area contributed by atoms with Crippen molar-refractivity contribution in [2.45, 2.75) is 6.92 Å². The zero-order valence-electron chi connectivity index (χ0n) is 17.1. The highest BCUT2D eigenvalue weighted by atomic mass is 19.1. The van der Waals surface area contributed by atoms with Crippen molar-refractivity contribution in [3.8, 4) is 33.8 Å². The molecule has 32 heavy (non-hydrogen) atoms. The van der Waals surface area contributed by atoms with E-state index in [2.05, 4.69) is 36.2 Å². The van der Waals surface area contributed by atoms with Crippen molar-refractivity contribution in [1.29, 1.82) is 0 Å². The van der Waals surface area contributed by atoms with Gasteiger partial charge in [-0.2, -0.15) is 5.10 Å². The molecule has 0 saturated heterocycles. The van der Waals surface area contributed by atoms with E-state index >= 15 is 0 Å². The summed E-state index contributed by atoms with van der Waals surface area (Å²) in [4.78, 5) is 16.6. The van der Waals surface area contributed by atoms with Gasteiger partial charge in [0.05, 0.1) is 34.8 Å². The van der Waals surface area contributed by atoms with Gasteiger partial charge in [-0.05, 0) is 48.4 Å². The molecule has 5 aromatic heterocycles. The quantitative estimate of drug-likeness (QED) is 0.386. The zero-order valence-corrected chi connectivity index (χ0v) is 17.1. The zero-order chi connectivity index (χ0) is 21.7. The fraction of sp³-hybridized carbons (Fsp3) is 0.0400. The van der Waals surface area contributed by atoms with Gasteiger partial charge in [-0.15, -0.1) is 0 Å². The lowest BCUT2D eigenvalue weighted by Crippen LogP contribution is -1.88. The molecule has 6 aromatic rings. The summed E-state index contributed by atoms with van der Waals surface area (Å²) >= 11 is 0. The van der Waals surface area contributed by atoms with Crippen molar-refractivity contribution >= 4 is 21.8 Å². The van der Waals surface area contributed by atoms with Crippen LogP contribution in [0, 0.1) is 12.7 Å². The summed E-state index contributed by atoms with van der Waals surface area (Å²) in [5.41, 5.74) is 8.16. The van der Waals surface area contributed by atoms with Crippen molar-refractivity contribution in [3.05, 3.63) is 84.8 Å². The van der Waals surface area contributed by atoms with E-state index < -0.39 is 0 Å². The van der Waals surface area contributed by atoms with E-state index in [4.69, 9.17) is 0 Å². The Morgan fingerprint density at radius 1 is 0.812 bits per heavy atom. The summed E-state index contributed by atoms with van der Waals surface area (Å²) in [6.45, 7) is 2.04. The van der Waals surface area contributed by atoms with E-state index in [0.29, 0.717) is 0 Å². The van der Waals surface area contributed by atoms with Gasteiger partial charge >= 0.3 is 0 Å². The van der Waals surface area contributed by atoms with Crippen LogP contribution in [0.3, 0.4) is 0 Å². The van der Waals surface area contributed by atoms with Crippen molar-refractivity contribution in [2.24, 2.45) is 0 Å². The average Bonchev–Trinajstić information content (AvgIpc) is 3.43. The maximum atomic E-state index is 13.4. The maximum Gasteiger partial charge on any atom is 0.123 e. The SMILES string of the molecule is Cc1ccncc1-c1cc2c(-c3cc4c(-c5ccc(F)cc5)cncc4[nH]3)n[nH]c2cn1. The van der Waals surface area contributed by atoms with Gasteiger partial charge in [0.1, 0.15) is 11.5 Å². The van der Waals surface area contributed by atoms with Gasteiger partial charge in [0.2, 0.25) is 0 Å². The molecule has 0 aliphatic rings. The minimum atomic E-state index is -0.264. The molecule has 0 saturated carbocycles. The summed E-state index contributed by atoms with van der Waals surface area (Å²) < 4.78 is 13.4. The second kappa shape index (κ2) is 7.09. The summed E-state index contributed by atoms with van der Waals surface area (Å²) in [6.07, 6.45) is 8.97. The molecule has 0 aliphatic carbocycles. The number of benzene rings is 1. The maximum absolute atomic E-state index is 13.4. The fourth-order valence-corrected chi connectivity index (χ4v) is 4.04. The predicted octanol–water partition coefficient (Wildman–Crippen LogP) is 5.68. The second-order valence-corrected chi connectivity index (χ2v) is 7.72. The first-order chi connectivity index (χ1) is 15.7. The monoisotopic (exact) mass is 420 g/mol. The third kappa shape index (κ3) is 2.94. The van der Waals surface area contributed by atoms with Gasteiger partial charge in [-0.1, -0.05) is 12.1 Å². The van der Waals surface area contributed by atoms with E-state index in [1.807, 2.05) is 25.3 Å². The summed E-state index contributed by atoms with van der Waals surface area (Å²) in [5, 5.41) is 9.58. The van der Waals surface area contributed by atoms with Gasteiger partial charge in [0, 0.05) is 40.5 Å². The van der Waals surface area contributed by atoms with Crippen LogP contribution in [-0.4, -0.2) is 30.1 Å². The number of aromatic nitrogens is 6. The van der Waals surface area contributed by atoms with Crippen LogP contribution < -0.4 is 0 Å². The van der Waals surface area contributed by atoms with Gasteiger partial charge in [-0.3, -0.25) is 20.1 Å². The van der Waals surface area contributed by atoms with E-state index in [9.17, 15) is 4.39 Å². The Balaban J connectivity index is 1.51. The van der Waals surface area contributed by atoms with E-state index in [0.717, 1.165) is 61.1 Å². The molecule has 0 aliphatic heterocycles. The summed E-state index contributed by atoms with van der Waals surface area (Å²) in [5.74, 6) is -0.264. The lowest BCUT2D eigenvalue weighted by atomic mass is 10.0. The molecule has 5 heterocycles. The third-order valence-corrected chi connectivity index (χ3v) is 5.72. The first-order valence-electron chi connectivity index (χ1n) is 10.2.